The molecule has 3 aromatic rings. The van der Waals surface area contributed by atoms with Crippen molar-refractivity contribution in [2.45, 2.75) is 25.7 Å². The summed E-state index contributed by atoms with van der Waals surface area (Å²) in [5.41, 5.74) is 7.36. The molecule has 0 saturated heterocycles. The third-order valence-electron chi connectivity index (χ3n) is 4.25. The highest BCUT2D eigenvalue weighted by Gasteiger charge is 2.17. The number of tetrazole rings is 1. The summed E-state index contributed by atoms with van der Waals surface area (Å²) in [7, 11) is 0. The molecule has 1 aliphatic rings. The van der Waals surface area contributed by atoms with Crippen molar-refractivity contribution in [3.63, 3.8) is 0 Å². The number of rotatable bonds is 3. The van der Waals surface area contributed by atoms with Gasteiger partial charge in [-0.1, -0.05) is 0 Å². The number of amides is 2. The van der Waals surface area contributed by atoms with E-state index in [9.17, 15) is 9.59 Å². The zero-order valence-electron chi connectivity index (χ0n) is 13.8. The van der Waals surface area contributed by atoms with Crippen LogP contribution >= 0.6 is 11.3 Å². The predicted molar refractivity (Wildman–Crippen MR) is 95.0 cm³/mol. The SMILES string of the molecule is O=C(NNC(=O)c1cc2c(s1)CCCC2)c1ccc(-n2cnnn2)cc1. The number of thiophene rings is 1. The first-order valence-electron chi connectivity index (χ1n) is 8.26. The molecular weight excluding hydrogens is 352 g/mol. The number of carbonyl (C=O) groups is 2. The van der Waals surface area contributed by atoms with Gasteiger partial charge in [-0.3, -0.25) is 20.4 Å². The summed E-state index contributed by atoms with van der Waals surface area (Å²) in [5, 5.41) is 10.9. The van der Waals surface area contributed by atoms with Crippen LogP contribution in [0.15, 0.2) is 36.7 Å². The first kappa shape index (κ1) is 16.4. The van der Waals surface area contributed by atoms with Crippen molar-refractivity contribution >= 4 is 23.2 Å². The highest BCUT2D eigenvalue weighted by Crippen LogP contribution is 2.29. The molecule has 0 atom stereocenters. The summed E-state index contributed by atoms with van der Waals surface area (Å²) >= 11 is 1.51. The van der Waals surface area contributed by atoms with E-state index in [4.69, 9.17) is 0 Å². The van der Waals surface area contributed by atoms with Crippen LogP contribution in [0.25, 0.3) is 5.69 Å². The van der Waals surface area contributed by atoms with E-state index < -0.39 is 0 Å². The molecule has 1 aromatic carbocycles. The van der Waals surface area contributed by atoms with E-state index in [-0.39, 0.29) is 11.8 Å². The molecule has 2 amide bonds. The van der Waals surface area contributed by atoms with E-state index in [2.05, 4.69) is 26.4 Å². The van der Waals surface area contributed by atoms with Crippen LogP contribution in [0.3, 0.4) is 0 Å². The molecule has 132 valence electrons. The van der Waals surface area contributed by atoms with Gasteiger partial charge in [0, 0.05) is 10.4 Å². The molecule has 2 heterocycles. The van der Waals surface area contributed by atoms with Gasteiger partial charge in [-0.25, -0.2) is 4.68 Å². The number of fused-ring (bicyclic) bond motifs is 1. The van der Waals surface area contributed by atoms with Gasteiger partial charge in [0.1, 0.15) is 6.33 Å². The Morgan fingerprint density at radius 1 is 1.04 bits per heavy atom. The van der Waals surface area contributed by atoms with E-state index >= 15 is 0 Å². The largest absolute Gasteiger partial charge is 0.279 e. The standard InChI is InChI=1S/C17H16N6O2S/c24-16(11-5-7-13(8-6-11)23-10-18-21-22-23)19-20-17(25)15-9-12-3-1-2-4-14(12)26-15/h5-10H,1-4H2,(H,19,24)(H,20,25). The van der Waals surface area contributed by atoms with Crippen molar-refractivity contribution in [1.29, 1.82) is 0 Å². The molecule has 1 aliphatic carbocycles. The van der Waals surface area contributed by atoms with E-state index in [1.54, 1.807) is 24.3 Å². The molecule has 0 spiro atoms. The summed E-state index contributed by atoms with van der Waals surface area (Å²) in [4.78, 5) is 26.4. The van der Waals surface area contributed by atoms with E-state index in [1.165, 1.54) is 45.6 Å². The number of nitrogens with one attached hydrogen (secondary N) is 2. The molecule has 0 unspecified atom stereocenters. The predicted octanol–water partition coefficient (Wildman–Crippen LogP) is 1.68. The maximum Gasteiger partial charge on any atom is 0.279 e. The molecule has 0 aliphatic heterocycles. The van der Waals surface area contributed by atoms with Gasteiger partial charge in [0.15, 0.2) is 0 Å². The van der Waals surface area contributed by atoms with Crippen LogP contribution in [0.1, 0.15) is 43.3 Å². The van der Waals surface area contributed by atoms with Crippen LogP contribution in [-0.4, -0.2) is 32.0 Å². The number of nitrogens with zero attached hydrogens (tertiary/aromatic N) is 4. The quantitative estimate of drug-likeness (QED) is 0.685. The minimum Gasteiger partial charge on any atom is -0.267 e. The maximum absolute atomic E-state index is 12.3. The highest BCUT2D eigenvalue weighted by molar-refractivity contribution is 7.14. The van der Waals surface area contributed by atoms with Crippen molar-refractivity contribution in [2.75, 3.05) is 0 Å². The number of aromatic nitrogens is 4. The fourth-order valence-electron chi connectivity index (χ4n) is 2.89. The Bertz CT molecular complexity index is 909. The molecule has 0 saturated carbocycles. The summed E-state index contributed by atoms with van der Waals surface area (Å²) in [6.45, 7) is 0. The van der Waals surface area contributed by atoms with Crippen LogP contribution in [0.2, 0.25) is 0 Å². The molecule has 0 radical (unpaired) electrons. The third kappa shape index (κ3) is 3.33. The van der Waals surface area contributed by atoms with Crippen LogP contribution in [-0.2, 0) is 12.8 Å². The Hall–Kier alpha value is -3.07. The van der Waals surface area contributed by atoms with Crippen LogP contribution in [0, 0.1) is 0 Å². The molecule has 26 heavy (non-hydrogen) atoms. The molecular formula is C17H16N6O2S. The third-order valence-corrected chi connectivity index (χ3v) is 5.49. The van der Waals surface area contributed by atoms with Gasteiger partial charge in [0.25, 0.3) is 11.8 Å². The topological polar surface area (TPSA) is 102 Å². The number of benzene rings is 1. The number of aryl methyl sites for hydroxylation is 2. The van der Waals surface area contributed by atoms with E-state index in [0.717, 1.165) is 18.5 Å². The molecule has 4 rings (SSSR count). The average molecular weight is 368 g/mol. The van der Waals surface area contributed by atoms with E-state index in [0.29, 0.717) is 10.4 Å². The van der Waals surface area contributed by atoms with Crippen LogP contribution < -0.4 is 10.9 Å². The summed E-state index contributed by atoms with van der Waals surface area (Å²) < 4.78 is 1.49. The normalized spacial score (nSPS) is 13.1. The van der Waals surface area contributed by atoms with Crippen molar-refractivity contribution in [3.8, 4) is 5.69 Å². The van der Waals surface area contributed by atoms with E-state index in [1.807, 2.05) is 6.07 Å². The molecule has 0 bridgehead atoms. The lowest BCUT2D eigenvalue weighted by atomic mass is 9.99. The van der Waals surface area contributed by atoms with Gasteiger partial charge >= 0.3 is 0 Å². The van der Waals surface area contributed by atoms with Crippen molar-refractivity contribution < 1.29 is 9.59 Å². The first-order valence-corrected chi connectivity index (χ1v) is 9.08. The second-order valence-corrected chi connectivity index (χ2v) is 7.11. The zero-order chi connectivity index (χ0) is 17.9. The lowest BCUT2D eigenvalue weighted by molar-refractivity contribution is 0.0849. The smallest absolute Gasteiger partial charge is 0.267 e. The molecule has 9 heteroatoms. The van der Waals surface area contributed by atoms with Gasteiger partial charge in [-0.15, -0.1) is 16.4 Å². The van der Waals surface area contributed by atoms with Gasteiger partial charge < -0.3 is 0 Å². The fourth-order valence-corrected chi connectivity index (χ4v) is 4.04. The first-order chi connectivity index (χ1) is 12.7. The van der Waals surface area contributed by atoms with Gasteiger partial charge in [0.2, 0.25) is 0 Å². The average Bonchev–Trinajstić information content (AvgIpc) is 3.35. The Balaban J connectivity index is 1.37. The summed E-state index contributed by atoms with van der Waals surface area (Å²) in [6, 6.07) is 8.66. The number of carbonyl (C=O) groups excluding carboxylic acids is 2. The Kier molecular flexibility index (Phi) is 4.44. The van der Waals surface area contributed by atoms with Gasteiger partial charge in [-0.2, -0.15) is 0 Å². The minimum atomic E-state index is -0.386. The molecule has 2 aromatic heterocycles. The van der Waals surface area contributed by atoms with Crippen molar-refractivity contribution in [3.05, 3.63) is 57.5 Å². The Morgan fingerprint density at radius 2 is 1.81 bits per heavy atom. The second-order valence-electron chi connectivity index (χ2n) is 5.98. The Labute approximate surface area is 153 Å². The summed E-state index contributed by atoms with van der Waals surface area (Å²) in [6.07, 6.45) is 5.87. The fraction of sp³-hybridized carbons (Fsp3) is 0.235. The van der Waals surface area contributed by atoms with Crippen molar-refractivity contribution in [2.24, 2.45) is 0 Å². The Morgan fingerprint density at radius 3 is 2.54 bits per heavy atom. The van der Waals surface area contributed by atoms with Crippen molar-refractivity contribution in [1.82, 2.24) is 31.1 Å². The van der Waals surface area contributed by atoms with Gasteiger partial charge in [-0.05, 0) is 72.0 Å². The number of hydrogen-bond donors (Lipinski definition) is 2. The zero-order valence-corrected chi connectivity index (χ0v) is 14.6. The second kappa shape index (κ2) is 7.04. The maximum atomic E-state index is 12.3. The summed E-state index contributed by atoms with van der Waals surface area (Å²) in [5.74, 6) is -0.675. The number of hydrazine groups is 1. The lowest BCUT2D eigenvalue weighted by Gasteiger charge is -2.08. The number of hydrogen-bond acceptors (Lipinski definition) is 6. The monoisotopic (exact) mass is 368 g/mol. The lowest BCUT2D eigenvalue weighted by Crippen LogP contribution is -2.41. The molecule has 2 N–H and O–H groups in total. The van der Waals surface area contributed by atoms with Crippen LogP contribution in [0.5, 0.6) is 0 Å². The van der Waals surface area contributed by atoms with Gasteiger partial charge in [0.05, 0.1) is 10.6 Å². The highest BCUT2D eigenvalue weighted by atomic mass is 32.1. The minimum absolute atomic E-state index is 0.289. The molecule has 8 nitrogen and oxygen atoms in total. The molecule has 0 fully saturated rings. The van der Waals surface area contributed by atoms with Crippen LogP contribution in [0.4, 0.5) is 0 Å².